The minimum absolute atomic E-state index is 0.117. The summed E-state index contributed by atoms with van der Waals surface area (Å²) in [6, 6.07) is 19.0. The molecule has 184 valence electrons. The Hall–Kier alpha value is -1.61. The van der Waals surface area contributed by atoms with Crippen LogP contribution in [-0.4, -0.2) is 52.5 Å². The van der Waals surface area contributed by atoms with Crippen LogP contribution < -0.4 is 9.47 Å². The quantitative estimate of drug-likeness (QED) is 0.287. The highest BCUT2D eigenvalue weighted by Crippen LogP contribution is 2.33. The first-order chi connectivity index (χ1) is 15.6. The SMILES string of the molecule is CC(O)[SiH](C)CCCOc1ccc(C(C)(C)c2ccc(OCCC[SiH](C)C(C)O)cc2)cc1. The lowest BCUT2D eigenvalue weighted by Gasteiger charge is -2.26. The molecule has 0 amide bonds. The molecule has 33 heavy (non-hydrogen) atoms. The minimum Gasteiger partial charge on any atom is -0.494 e. The van der Waals surface area contributed by atoms with Crippen molar-refractivity contribution < 1.29 is 19.7 Å². The van der Waals surface area contributed by atoms with Crippen molar-refractivity contribution in [1.82, 2.24) is 0 Å². The van der Waals surface area contributed by atoms with Crippen LogP contribution in [0, 0.1) is 0 Å². The van der Waals surface area contributed by atoms with Gasteiger partial charge in [-0.15, -0.1) is 0 Å². The molecular weight excluding hydrogens is 444 g/mol. The first-order valence-corrected chi connectivity index (χ1v) is 17.7. The zero-order valence-corrected chi connectivity index (χ0v) is 23.7. The van der Waals surface area contributed by atoms with Crippen LogP contribution in [0.1, 0.15) is 51.7 Å². The molecule has 0 aliphatic heterocycles. The summed E-state index contributed by atoms with van der Waals surface area (Å²) in [6.45, 7) is 14.1. The van der Waals surface area contributed by atoms with E-state index in [0.717, 1.165) is 36.4 Å². The molecular formula is C27H44O4Si2. The molecule has 0 fully saturated rings. The summed E-state index contributed by atoms with van der Waals surface area (Å²) < 4.78 is 11.8. The van der Waals surface area contributed by atoms with E-state index in [9.17, 15) is 10.2 Å². The average Bonchev–Trinajstić information content (AvgIpc) is 2.79. The maximum absolute atomic E-state index is 9.64. The first kappa shape index (κ1) is 27.6. The molecule has 0 heterocycles. The van der Waals surface area contributed by atoms with Gasteiger partial charge in [0.25, 0.3) is 0 Å². The molecule has 0 saturated heterocycles. The van der Waals surface area contributed by atoms with Crippen LogP contribution in [0.4, 0.5) is 0 Å². The maximum Gasteiger partial charge on any atom is 0.119 e. The Bertz CT molecular complexity index is 736. The van der Waals surface area contributed by atoms with Gasteiger partial charge in [0.05, 0.1) is 30.8 Å². The second-order valence-electron chi connectivity index (χ2n) is 10.1. The standard InChI is InChI=1S/C27H44O4Si2/c1-21(28)32(5)19-7-17-30-25-13-9-23(10-14-25)27(3,4)24-11-15-26(16-12-24)31-18-8-20-33(6)22(2)29/h9-16,21-22,28-29,32-33H,7-8,17-20H2,1-6H3. The summed E-state index contributed by atoms with van der Waals surface area (Å²) in [6.07, 6.45) is 2.00. The van der Waals surface area contributed by atoms with Gasteiger partial charge in [-0.3, -0.25) is 0 Å². The molecule has 0 bridgehead atoms. The van der Waals surface area contributed by atoms with Crippen LogP contribution in [0.25, 0.3) is 0 Å². The van der Waals surface area contributed by atoms with Gasteiger partial charge in [-0.25, -0.2) is 0 Å². The normalized spacial score (nSPS) is 15.5. The predicted octanol–water partition coefficient (Wildman–Crippen LogP) is 5.10. The molecule has 4 atom stereocenters. The van der Waals surface area contributed by atoms with Gasteiger partial charge >= 0.3 is 0 Å². The minimum atomic E-state index is -1.03. The highest BCUT2D eigenvalue weighted by molar-refractivity contribution is 6.58. The van der Waals surface area contributed by atoms with Gasteiger partial charge in [0.1, 0.15) is 11.5 Å². The van der Waals surface area contributed by atoms with Crippen LogP contribution in [0.3, 0.4) is 0 Å². The van der Waals surface area contributed by atoms with Crippen LogP contribution in [-0.2, 0) is 5.41 Å². The van der Waals surface area contributed by atoms with E-state index in [-0.39, 0.29) is 16.9 Å². The lowest BCUT2D eigenvalue weighted by molar-refractivity contribution is 0.265. The zero-order chi connectivity index (χ0) is 24.4. The fourth-order valence-electron chi connectivity index (χ4n) is 3.78. The lowest BCUT2D eigenvalue weighted by atomic mass is 9.78. The fraction of sp³-hybridized carbons (Fsp3) is 0.556. The van der Waals surface area contributed by atoms with Crippen molar-refractivity contribution in [3.8, 4) is 11.5 Å². The molecule has 0 spiro atoms. The molecule has 0 radical (unpaired) electrons. The van der Waals surface area contributed by atoms with E-state index in [1.165, 1.54) is 11.1 Å². The third kappa shape index (κ3) is 8.93. The lowest BCUT2D eigenvalue weighted by Crippen LogP contribution is -2.24. The number of hydrogen-bond donors (Lipinski definition) is 2. The Balaban J connectivity index is 1.85. The van der Waals surface area contributed by atoms with Crippen LogP contribution in [0.5, 0.6) is 11.5 Å². The monoisotopic (exact) mass is 488 g/mol. The molecule has 6 heteroatoms. The Morgan fingerprint density at radius 1 is 0.697 bits per heavy atom. The molecule has 2 aromatic rings. The van der Waals surface area contributed by atoms with Crippen LogP contribution in [0.2, 0.25) is 25.2 Å². The van der Waals surface area contributed by atoms with E-state index in [0.29, 0.717) is 13.2 Å². The van der Waals surface area contributed by atoms with Crippen LogP contribution in [0.15, 0.2) is 48.5 Å². The van der Waals surface area contributed by atoms with E-state index in [1.807, 2.05) is 13.8 Å². The Labute approximate surface area is 204 Å². The topological polar surface area (TPSA) is 58.9 Å². The summed E-state index contributed by atoms with van der Waals surface area (Å²) >= 11 is 0. The summed E-state index contributed by atoms with van der Waals surface area (Å²) in [5.74, 6) is 1.80. The van der Waals surface area contributed by atoms with Crippen molar-refractivity contribution in [3.63, 3.8) is 0 Å². The Morgan fingerprint density at radius 2 is 1.03 bits per heavy atom. The molecule has 4 unspecified atom stereocenters. The highest BCUT2D eigenvalue weighted by Gasteiger charge is 2.23. The predicted molar refractivity (Wildman–Crippen MR) is 144 cm³/mol. The first-order valence-electron chi connectivity index (χ1n) is 12.4. The Morgan fingerprint density at radius 3 is 1.33 bits per heavy atom. The number of hydrogen-bond acceptors (Lipinski definition) is 4. The smallest absolute Gasteiger partial charge is 0.119 e. The number of benzene rings is 2. The van der Waals surface area contributed by atoms with E-state index in [2.05, 4.69) is 75.5 Å². The van der Waals surface area contributed by atoms with Crippen molar-refractivity contribution in [3.05, 3.63) is 59.7 Å². The molecule has 0 saturated carbocycles. The van der Waals surface area contributed by atoms with Gasteiger partial charge in [-0.2, -0.15) is 0 Å². The van der Waals surface area contributed by atoms with Crippen molar-refractivity contribution in [2.24, 2.45) is 0 Å². The molecule has 2 N–H and O–H groups in total. The molecule has 2 aromatic carbocycles. The van der Waals surface area contributed by atoms with E-state index in [1.54, 1.807) is 0 Å². The van der Waals surface area contributed by atoms with Gasteiger partial charge in [0.2, 0.25) is 0 Å². The number of rotatable bonds is 14. The fourth-order valence-corrected chi connectivity index (χ4v) is 6.36. The molecule has 0 aliphatic carbocycles. The summed E-state index contributed by atoms with van der Waals surface area (Å²) in [7, 11) is -2.06. The highest BCUT2D eigenvalue weighted by atomic mass is 28.3. The zero-order valence-electron chi connectivity index (χ0n) is 21.4. The molecule has 0 aliphatic rings. The molecule has 2 rings (SSSR count). The second-order valence-corrected chi connectivity index (χ2v) is 17.1. The van der Waals surface area contributed by atoms with E-state index in [4.69, 9.17) is 9.47 Å². The van der Waals surface area contributed by atoms with E-state index >= 15 is 0 Å². The summed E-state index contributed by atoms with van der Waals surface area (Å²) in [4.78, 5) is 0. The average molecular weight is 489 g/mol. The van der Waals surface area contributed by atoms with Crippen LogP contribution >= 0.6 is 0 Å². The summed E-state index contributed by atoms with van der Waals surface area (Å²) in [5, 5.41) is 19.3. The molecule has 0 aromatic heterocycles. The summed E-state index contributed by atoms with van der Waals surface area (Å²) in [5.41, 5.74) is 2.12. The second kappa shape index (κ2) is 13.3. The van der Waals surface area contributed by atoms with E-state index < -0.39 is 17.6 Å². The molecule has 4 nitrogen and oxygen atoms in total. The van der Waals surface area contributed by atoms with Gasteiger partial charge in [-0.05, 0) is 62.1 Å². The maximum atomic E-state index is 9.64. The number of aliphatic hydroxyl groups is 2. The van der Waals surface area contributed by atoms with Gasteiger partial charge in [-0.1, -0.05) is 63.3 Å². The number of aliphatic hydroxyl groups excluding tert-OH is 2. The van der Waals surface area contributed by atoms with Gasteiger partial charge < -0.3 is 19.7 Å². The van der Waals surface area contributed by atoms with Gasteiger partial charge in [0, 0.05) is 16.9 Å². The van der Waals surface area contributed by atoms with Gasteiger partial charge in [0.15, 0.2) is 0 Å². The van der Waals surface area contributed by atoms with Crippen molar-refractivity contribution in [2.75, 3.05) is 13.2 Å². The van der Waals surface area contributed by atoms with Crippen molar-refractivity contribution >= 4 is 17.6 Å². The third-order valence-electron chi connectivity index (χ3n) is 6.94. The van der Waals surface area contributed by atoms with Crippen molar-refractivity contribution in [2.45, 2.75) is 82.6 Å². The Kier molecular flexibility index (Phi) is 11.2. The number of ether oxygens (including phenoxy) is 2. The third-order valence-corrected chi connectivity index (χ3v) is 12.9. The largest absolute Gasteiger partial charge is 0.494 e. The van der Waals surface area contributed by atoms with Crippen molar-refractivity contribution in [1.29, 1.82) is 0 Å².